The lowest BCUT2D eigenvalue weighted by Gasteiger charge is -2.03. The minimum atomic E-state index is -0.437. The maximum absolute atomic E-state index is 11.2. The van der Waals surface area contributed by atoms with Gasteiger partial charge in [-0.1, -0.05) is 0 Å². The first kappa shape index (κ1) is 14.1. The SMILES string of the molecule is CSCCSc1ccc(C(C)=O)cc1[N+](=O)[O-]. The summed E-state index contributed by atoms with van der Waals surface area (Å²) in [6, 6.07) is 4.64. The average Bonchev–Trinajstić information content (AvgIpc) is 2.29. The second-order valence-corrected chi connectivity index (χ2v) is 5.46. The Hall–Kier alpha value is -1.01. The number of nitro groups is 1. The van der Waals surface area contributed by atoms with Crippen LogP contribution in [0.4, 0.5) is 5.69 Å². The van der Waals surface area contributed by atoms with Gasteiger partial charge in [-0.3, -0.25) is 14.9 Å². The minimum absolute atomic E-state index is 0.0174. The van der Waals surface area contributed by atoms with Crippen molar-refractivity contribution in [1.82, 2.24) is 0 Å². The highest BCUT2D eigenvalue weighted by molar-refractivity contribution is 8.02. The third kappa shape index (κ3) is 4.05. The van der Waals surface area contributed by atoms with Gasteiger partial charge < -0.3 is 0 Å². The smallest absolute Gasteiger partial charge is 0.283 e. The van der Waals surface area contributed by atoms with E-state index in [0.29, 0.717) is 10.5 Å². The van der Waals surface area contributed by atoms with Crippen molar-refractivity contribution in [1.29, 1.82) is 0 Å². The summed E-state index contributed by atoms with van der Waals surface area (Å²) < 4.78 is 0. The number of nitrogens with zero attached hydrogens (tertiary/aromatic N) is 1. The van der Waals surface area contributed by atoms with Crippen LogP contribution in [0, 0.1) is 10.1 Å². The molecule has 0 saturated heterocycles. The van der Waals surface area contributed by atoms with Crippen LogP contribution in [0.1, 0.15) is 17.3 Å². The number of carbonyl (C=O) groups excluding carboxylic acids is 1. The van der Waals surface area contributed by atoms with Gasteiger partial charge in [-0.05, 0) is 25.3 Å². The third-order valence-electron chi connectivity index (χ3n) is 2.11. The lowest BCUT2D eigenvalue weighted by atomic mass is 10.1. The molecule has 4 nitrogen and oxygen atoms in total. The van der Waals surface area contributed by atoms with Crippen LogP contribution in [-0.4, -0.2) is 28.5 Å². The summed E-state index contributed by atoms with van der Waals surface area (Å²) in [6.07, 6.45) is 1.99. The van der Waals surface area contributed by atoms with Gasteiger partial charge in [-0.25, -0.2) is 0 Å². The zero-order valence-corrected chi connectivity index (χ0v) is 11.3. The number of nitro benzene ring substituents is 1. The first-order valence-electron chi connectivity index (χ1n) is 4.97. The number of hydrogen-bond acceptors (Lipinski definition) is 5. The Bertz CT molecular complexity index is 435. The highest BCUT2D eigenvalue weighted by Crippen LogP contribution is 2.30. The quantitative estimate of drug-likeness (QED) is 0.261. The van der Waals surface area contributed by atoms with Crippen molar-refractivity contribution in [2.75, 3.05) is 17.8 Å². The molecule has 0 aliphatic rings. The Morgan fingerprint density at radius 1 is 1.41 bits per heavy atom. The van der Waals surface area contributed by atoms with Crippen LogP contribution >= 0.6 is 23.5 Å². The summed E-state index contributed by atoms with van der Waals surface area (Å²) in [5.74, 6) is 1.60. The van der Waals surface area contributed by atoms with Crippen molar-refractivity contribution in [2.45, 2.75) is 11.8 Å². The molecule has 0 fully saturated rings. The van der Waals surface area contributed by atoms with E-state index in [1.165, 1.54) is 24.8 Å². The molecule has 0 spiro atoms. The van der Waals surface area contributed by atoms with E-state index in [-0.39, 0.29) is 11.5 Å². The molecule has 0 aliphatic carbocycles. The molecule has 0 amide bonds. The van der Waals surface area contributed by atoms with E-state index < -0.39 is 4.92 Å². The molecule has 92 valence electrons. The fourth-order valence-electron chi connectivity index (χ4n) is 1.24. The summed E-state index contributed by atoms with van der Waals surface area (Å²) in [7, 11) is 0. The first-order valence-corrected chi connectivity index (χ1v) is 7.35. The molecule has 6 heteroatoms. The predicted octanol–water partition coefficient (Wildman–Crippen LogP) is 3.25. The van der Waals surface area contributed by atoms with Crippen LogP contribution in [0.25, 0.3) is 0 Å². The molecule has 0 radical (unpaired) electrons. The summed E-state index contributed by atoms with van der Waals surface area (Å²) >= 11 is 3.14. The lowest BCUT2D eigenvalue weighted by Crippen LogP contribution is -1.97. The molecule has 0 aromatic heterocycles. The van der Waals surface area contributed by atoms with Crippen LogP contribution in [0.5, 0.6) is 0 Å². The van der Waals surface area contributed by atoms with Gasteiger partial charge in [0, 0.05) is 23.1 Å². The lowest BCUT2D eigenvalue weighted by molar-refractivity contribution is -0.387. The van der Waals surface area contributed by atoms with Gasteiger partial charge in [0.05, 0.1) is 9.82 Å². The maximum Gasteiger partial charge on any atom is 0.283 e. The van der Waals surface area contributed by atoms with Gasteiger partial charge in [-0.15, -0.1) is 11.8 Å². The normalized spacial score (nSPS) is 10.2. The Balaban J connectivity index is 2.96. The van der Waals surface area contributed by atoms with Crippen molar-refractivity contribution in [3.05, 3.63) is 33.9 Å². The molecule has 1 rings (SSSR count). The minimum Gasteiger partial charge on any atom is -0.295 e. The van der Waals surface area contributed by atoms with Gasteiger partial charge in [-0.2, -0.15) is 11.8 Å². The van der Waals surface area contributed by atoms with Crippen LogP contribution in [-0.2, 0) is 0 Å². The van der Waals surface area contributed by atoms with Gasteiger partial charge in [0.25, 0.3) is 5.69 Å². The van der Waals surface area contributed by atoms with Gasteiger partial charge in [0.2, 0.25) is 0 Å². The summed E-state index contributed by atoms with van der Waals surface area (Å²) in [5.41, 5.74) is 0.398. The predicted molar refractivity (Wildman–Crippen MR) is 72.2 cm³/mol. The second-order valence-electron chi connectivity index (χ2n) is 3.34. The Morgan fingerprint density at radius 2 is 2.12 bits per heavy atom. The van der Waals surface area contributed by atoms with Crippen LogP contribution < -0.4 is 0 Å². The maximum atomic E-state index is 11.2. The number of benzene rings is 1. The number of hydrogen-bond donors (Lipinski definition) is 0. The van der Waals surface area contributed by atoms with E-state index in [0.717, 1.165) is 11.5 Å². The highest BCUT2D eigenvalue weighted by Gasteiger charge is 2.16. The molecule has 1 aromatic rings. The van der Waals surface area contributed by atoms with Crippen molar-refractivity contribution in [3.63, 3.8) is 0 Å². The molecule has 0 atom stereocenters. The molecule has 0 heterocycles. The number of rotatable bonds is 6. The summed E-state index contributed by atoms with van der Waals surface area (Å²) in [4.78, 5) is 22.2. The molecule has 1 aromatic carbocycles. The molecule has 0 N–H and O–H groups in total. The zero-order valence-electron chi connectivity index (χ0n) is 9.63. The van der Waals surface area contributed by atoms with Crippen molar-refractivity contribution >= 4 is 35.0 Å². The monoisotopic (exact) mass is 271 g/mol. The van der Waals surface area contributed by atoms with E-state index in [1.54, 1.807) is 23.9 Å². The van der Waals surface area contributed by atoms with Crippen LogP contribution in [0.2, 0.25) is 0 Å². The van der Waals surface area contributed by atoms with Crippen molar-refractivity contribution in [3.8, 4) is 0 Å². The molecular weight excluding hydrogens is 258 g/mol. The van der Waals surface area contributed by atoms with Crippen LogP contribution in [0.15, 0.2) is 23.1 Å². The van der Waals surface area contributed by atoms with E-state index in [4.69, 9.17) is 0 Å². The summed E-state index contributed by atoms with van der Waals surface area (Å²) in [6.45, 7) is 1.40. The fraction of sp³-hybridized carbons (Fsp3) is 0.364. The Morgan fingerprint density at radius 3 is 2.65 bits per heavy atom. The topological polar surface area (TPSA) is 60.2 Å². The van der Waals surface area contributed by atoms with E-state index in [1.807, 2.05) is 6.26 Å². The average molecular weight is 271 g/mol. The van der Waals surface area contributed by atoms with E-state index in [2.05, 4.69) is 0 Å². The number of ketones is 1. The largest absolute Gasteiger partial charge is 0.295 e. The zero-order chi connectivity index (χ0) is 12.8. The summed E-state index contributed by atoms with van der Waals surface area (Å²) in [5, 5.41) is 10.9. The van der Waals surface area contributed by atoms with E-state index >= 15 is 0 Å². The van der Waals surface area contributed by atoms with Gasteiger partial charge >= 0.3 is 0 Å². The highest BCUT2D eigenvalue weighted by atomic mass is 32.2. The second kappa shape index (κ2) is 6.66. The molecule has 17 heavy (non-hydrogen) atoms. The van der Waals surface area contributed by atoms with Gasteiger partial charge in [0.1, 0.15) is 0 Å². The number of carbonyl (C=O) groups is 1. The number of thioether (sulfide) groups is 2. The Labute approximate surface area is 108 Å². The van der Waals surface area contributed by atoms with E-state index in [9.17, 15) is 14.9 Å². The molecule has 0 unspecified atom stereocenters. The van der Waals surface area contributed by atoms with Crippen LogP contribution in [0.3, 0.4) is 0 Å². The molecule has 0 bridgehead atoms. The molecule has 0 saturated carbocycles. The van der Waals surface area contributed by atoms with Crippen molar-refractivity contribution < 1.29 is 9.72 Å². The first-order chi connectivity index (χ1) is 8.06. The fourth-order valence-corrected chi connectivity index (χ4v) is 2.90. The van der Waals surface area contributed by atoms with Crippen molar-refractivity contribution in [2.24, 2.45) is 0 Å². The third-order valence-corrected chi connectivity index (χ3v) is 4.04. The molecular formula is C11H13NO3S2. The Kier molecular flexibility index (Phi) is 5.50. The van der Waals surface area contributed by atoms with Gasteiger partial charge in [0.15, 0.2) is 5.78 Å². The molecule has 0 aliphatic heterocycles. The standard InChI is InChI=1S/C11H13NO3S2/c1-8(13)9-3-4-11(17-6-5-16-2)10(7-9)12(14)15/h3-4,7H,5-6H2,1-2H3. The number of Topliss-reactive ketones (excluding diaryl/α,β-unsaturated/α-hetero) is 1.